The number of aromatic nitrogens is 6. The minimum absolute atomic E-state index is 0.206. The number of carboxylic acids is 1. The van der Waals surface area contributed by atoms with Gasteiger partial charge in [0, 0.05) is 5.41 Å². The predicted octanol–water partition coefficient (Wildman–Crippen LogP) is 0.574. The van der Waals surface area contributed by atoms with E-state index in [0.29, 0.717) is 10.7 Å². The first-order valence-corrected chi connectivity index (χ1v) is 5.98. The van der Waals surface area contributed by atoms with E-state index in [1.165, 1.54) is 4.68 Å². The summed E-state index contributed by atoms with van der Waals surface area (Å²) < 4.78 is 5.13. The molecule has 0 radical (unpaired) electrons. The van der Waals surface area contributed by atoms with E-state index in [1.54, 1.807) is 0 Å². The molecule has 0 aliphatic carbocycles. The third-order valence-electron chi connectivity index (χ3n) is 2.22. The largest absolute Gasteiger partial charge is 0.480 e. The predicted molar refractivity (Wildman–Crippen MR) is 63.1 cm³/mol. The Balaban J connectivity index is 2.47. The molecule has 9 heteroatoms. The van der Waals surface area contributed by atoms with E-state index < -0.39 is 5.97 Å². The number of tetrazole rings is 1. The molecule has 0 unspecified atom stereocenters. The van der Waals surface area contributed by atoms with Crippen molar-refractivity contribution in [2.24, 2.45) is 0 Å². The maximum absolute atomic E-state index is 10.7. The van der Waals surface area contributed by atoms with Gasteiger partial charge in [-0.25, -0.2) is 4.68 Å². The molecule has 1 N–H and O–H groups in total. The van der Waals surface area contributed by atoms with Gasteiger partial charge in [0.1, 0.15) is 11.4 Å². The first kappa shape index (κ1) is 12.6. The monoisotopic (exact) mass is 268 g/mol. The molecule has 0 aliphatic heterocycles. The minimum Gasteiger partial charge on any atom is -0.480 e. The lowest BCUT2D eigenvalue weighted by molar-refractivity contribution is -0.137. The van der Waals surface area contributed by atoms with Crippen LogP contribution in [-0.4, -0.2) is 40.9 Å². The Bertz CT molecular complexity index is 570. The van der Waals surface area contributed by atoms with E-state index in [1.807, 2.05) is 20.8 Å². The molecular formula is C9H12N6O2S. The summed E-state index contributed by atoms with van der Waals surface area (Å²) in [6, 6.07) is 0. The van der Waals surface area contributed by atoms with Crippen LogP contribution in [0.25, 0.3) is 10.7 Å². The molecule has 2 aromatic rings. The molecule has 0 saturated carbocycles. The second kappa shape index (κ2) is 4.41. The van der Waals surface area contributed by atoms with Gasteiger partial charge in [-0.3, -0.25) is 4.79 Å². The zero-order chi connectivity index (χ0) is 13.3. The molecule has 0 aliphatic rings. The zero-order valence-corrected chi connectivity index (χ0v) is 11.0. The molecule has 0 aromatic carbocycles. The van der Waals surface area contributed by atoms with E-state index in [9.17, 15) is 4.79 Å². The summed E-state index contributed by atoms with van der Waals surface area (Å²) in [4.78, 5) is 11.4. The van der Waals surface area contributed by atoms with Gasteiger partial charge in [0.2, 0.25) is 0 Å². The molecule has 0 amide bonds. The Morgan fingerprint density at radius 3 is 2.72 bits per heavy atom. The molecule has 0 saturated heterocycles. The summed E-state index contributed by atoms with van der Waals surface area (Å²) >= 11 is 1.16. The fourth-order valence-electron chi connectivity index (χ4n) is 1.43. The van der Waals surface area contributed by atoms with Crippen molar-refractivity contribution in [3.8, 4) is 10.7 Å². The van der Waals surface area contributed by atoms with Gasteiger partial charge in [-0.15, -0.1) is 10.2 Å². The van der Waals surface area contributed by atoms with Crippen LogP contribution in [0.4, 0.5) is 0 Å². The number of hydrogen-bond donors (Lipinski definition) is 1. The second-order valence-corrected chi connectivity index (χ2v) is 5.51. The summed E-state index contributed by atoms with van der Waals surface area (Å²) in [7, 11) is 0. The van der Waals surface area contributed by atoms with Crippen LogP contribution in [0.2, 0.25) is 0 Å². The van der Waals surface area contributed by atoms with Crippen molar-refractivity contribution in [3.05, 3.63) is 5.69 Å². The lowest BCUT2D eigenvalue weighted by atomic mass is 9.91. The quantitative estimate of drug-likeness (QED) is 0.867. The standard InChI is InChI=1S/C9H12N6O2S/c1-9(2,3)7-6(18-14-10-7)8-11-12-13-15(8)4-5(16)17/h4H2,1-3H3,(H,16,17). The fraction of sp³-hybridized carbons (Fsp3) is 0.556. The lowest BCUT2D eigenvalue weighted by Crippen LogP contribution is -2.15. The number of hydrogen-bond acceptors (Lipinski definition) is 7. The Labute approximate surface area is 107 Å². The van der Waals surface area contributed by atoms with Crippen LogP contribution in [0.3, 0.4) is 0 Å². The number of carboxylic acid groups (broad SMARTS) is 1. The zero-order valence-electron chi connectivity index (χ0n) is 10.2. The van der Waals surface area contributed by atoms with Crippen molar-refractivity contribution in [2.75, 3.05) is 0 Å². The maximum Gasteiger partial charge on any atom is 0.325 e. The summed E-state index contributed by atoms with van der Waals surface area (Å²) in [6.07, 6.45) is 0. The average Bonchev–Trinajstić information content (AvgIpc) is 2.81. The third kappa shape index (κ3) is 2.35. The van der Waals surface area contributed by atoms with Gasteiger partial charge in [0.25, 0.3) is 0 Å². The van der Waals surface area contributed by atoms with Crippen LogP contribution < -0.4 is 0 Å². The highest BCUT2D eigenvalue weighted by molar-refractivity contribution is 7.09. The van der Waals surface area contributed by atoms with Gasteiger partial charge in [-0.1, -0.05) is 25.3 Å². The summed E-state index contributed by atoms with van der Waals surface area (Å²) in [6.45, 7) is 5.71. The van der Waals surface area contributed by atoms with Gasteiger partial charge in [-0.05, 0) is 22.0 Å². The summed E-state index contributed by atoms with van der Waals surface area (Å²) in [5.41, 5.74) is 0.552. The molecule has 8 nitrogen and oxygen atoms in total. The highest BCUT2D eigenvalue weighted by Gasteiger charge is 2.26. The van der Waals surface area contributed by atoms with E-state index in [4.69, 9.17) is 5.11 Å². The highest BCUT2D eigenvalue weighted by Crippen LogP contribution is 2.32. The van der Waals surface area contributed by atoms with Gasteiger partial charge < -0.3 is 5.11 Å². The molecule has 0 fully saturated rings. The Kier molecular flexibility index (Phi) is 3.07. The molecule has 0 spiro atoms. The number of carbonyl (C=O) groups is 1. The second-order valence-electron chi connectivity index (χ2n) is 4.75. The van der Waals surface area contributed by atoms with Crippen molar-refractivity contribution < 1.29 is 9.90 Å². The summed E-state index contributed by atoms with van der Waals surface area (Å²) in [5, 5.41) is 23.9. The van der Waals surface area contributed by atoms with Crippen LogP contribution >= 0.6 is 11.5 Å². The van der Waals surface area contributed by atoms with Gasteiger partial charge in [0.05, 0.1) is 5.69 Å². The fourth-order valence-corrected chi connectivity index (χ4v) is 2.30. The minimum atomic E-state index is -1.00. The topological polar surface area (TPSA) is 107 Å². The molecular weight excluding hydrogens is 256 g/mol. The molecule has 2 aromatic heterocycles. The van der Waals surface area contributed by atoms with Crippen LogP contribution in [-0.2, 0) is 16.8 Å². The van der Waals surface area contributed by atoms with Crippen LogP contribution in [0, 0.1) is 0 Å². The molecule has 96 valence electrons. The van der Waals surface area contributed by atoms with E-state index >= 15 is 0 Å². The van der Waals surface area contributed by atoms with E-state index in [-0.39, 0.29) is 12.0 Å². The van der Waals surface area contributed by atoms with E-state index in [0.717, 1.165) is 17.2 Å². The molecule has 0 atom stereocenters. The Hall–Kier alpha value is -1.90. The molecule has 2 heterocycles. The lowest BCUT2D eigenvalue weighted by Gasteiger charge is -2.15. The SMILES string of the molecule is CC(C)(C)c1nnsc1-c1nnnn1CC(=O)O. The first-order valence-electron chi connectivity index (χ1n) is 5.21. The van der Waals surface area contributed by atoms with E-state index in [2.05, 4.69) is 25.1 Å². The number of rotatable bonds is 3. The van der Waals surface area contributed by atoms with Gasteiger partial charge in [-0.2, -0.15) is 0 Å². The van der Waals surface area contributed by atoms with Crippen LogP contribution in [0.15, 0.2) is 0 Å². The smallest absolute Gasteiger partial charge is 0.325 e. The van der Waals surface area contributed by atoms with Gasteiger partial charge >= 0.3 is 5.97 Å². The summed E-state index contributed by atoms with van der Waals surface area (Å²) in [5.74, 6) is -0.615. The Morgan fingerprint density at radius 1 is 1.39 bits per heavy atom. The Morgan fingerprint density at radius 2 is 2.11 bits per heavy atom. The van der Waals surface area contributed by atoms with Crippen LogP contribution in [0.1, 0.15) is 26.5 Å². The molecule has 0 bridgehead atoms. The molecule has 2 rings (SSSR count). The molecule has 18 heavy (non-hydrogen) atoms. The van der Waals surface area contributed by atoms with Gasteiger partial charge in [0.15, 0.2) is 5.82 Å². The third-order valence-corrected chi connectivity index (χ3v) is 2.94. The van der Waals surface area contributed by atoms with Crippen LogP contribution in [0.5, 0.6) is 0 Å². The van der Waals surface area contributed by atoms with Crippen molar-refractivity contribution in [1.82, 2.24) is 29.8 Å². The highest BCUT2D eigenvalue weighted by atomic mass is 32.1. The number of aliphatic carboxylic acids is 1. The van der Waals surface area contributed by atoms with Crippen molar-refractivity contribution in [3.63, 3.8) is 0 Å². The number of nitrogens with zero attached hydrogens (tertiary/aromatic N) is 6. The normalized spacial score (nSPS) is 11.7. The first-order chi connectivity index (χ1) is 8.39. The maximum atomic E-state index is 10.7. The van der Waals surface area contributed by atoms with Crippen molar-refractivity contribution in [2.45, 2.75) is 32.7 Å². The van der Waals surface area contributed by atoms with Crippen molar-refractivity contribution in [1.29, 1.82) is 0 Å². The average molecular weight is 268 g/mol. The van der Waals surface area contributed by atoms with Crippen molar-refractivity contribution >= 4 is 17.5 Å².